The predicted molar refractivity (Wildman–Crippen MR) is 90.3 cm³/mol. The minimum Gasteiger partial charge on any atom is -0.457 e. The van der Waals surface area contributed by atoms with Gasteiger partial charge in [0.15, 0.2) is 0 Å². The number of aryl methyl sites for hydroxylation is 1. The van der Waals surface area contributed by atoms with Crippen molar-refractivity contribution in [3.63, 3.8) is 0 Å². The van der Waals surface area contributed by atoms with E-state index in [1.165, 1.54) is 0 Å². The van der Waals surface area contributed by atoms with Gasteiger partial charge < -0.3 is 10.5 Å². The molecule has 0 bridgehead atoms. The third kappa shape index (κ3) is 3.89. The van der Waals surface area contributed by atoms with E-state index < -0.39 is 0 Å². The summed E-state index contributed by atoms with van der Waals surface area (Å²) < 4.78 is 5.99. The molecule has 0 aliphatic carbocycles. The molecule has 0 aromatic heterocycles. The summed E-state index contributed by atoms with van der Waals surface area (Å²) in [6.45, 7) is 4.05. The summed E-state index contributed by atoms with van der Waals surface area (Å²) in [6.07, 6.45) is 4.01. The van der Waals surface area contributed by atoms with E-state index in [2.05, 4.69) is 19.1 Å². The molecule has 0 aliphatic heterocycles. The molecule has 0 radical (unpaired) electrons. The number of benzene rings is 2. The van der Waals surface area contributed by atoms with Crippen molar-refractivity contribution in [1.29, 1.82) is 5.26 Å². The van der Waals surface area contributed by atoms with Crippen LogP contribution in [0.15, 0.2) is 48.5 Å². The Labute approximate surface area is 131 Å². The van der Waals surface area contributed by atoms with Gasteiger partial charge in [0.1, 0.15) is 11.5 Å². The molecule has 0 amide bonds. The van der Waals surface area contributed by atoms with Crippen LogP contribution in [0.5, 0.6) is 5.75 Å². The fourth-order valence-corrected chi connectivity index (χ4v) is 2.05. The van der Waals surface area contributed by atoms with Crippen LogP contribution in [-0.4, -0.2) is 0 Å². The van der Waals surface area contributed by atoms with Gasteiger partial charge in [-0.1, -0.05) is 25.5 Å². The average molecular weight is 292 g/mol. The summed E-state index contributed by atoms with van der Waals surface area (Å²) in [6, 6.07) is 15.3. The molecule has 0 fully saturated rings. The summed E-state index contributed by atoms with van der Waals surface area (Å²) >= 11 is 0. The highest BCUT2D eigenvalue weighted by atomic mass is 16.5. The number of nitrogens with two attached hydrogens (primary N) is 1. The Morgan fingerprint density at radius 3 is 2.59 bits per heavy atom. The Morgan fingerprint density at radius 1 is 1.23 bits per heavy atom. The molecule has 112 valence electrons. The number of rotatable bonds is 5. The molecule has 22 heavy (non-hydrogen) atoms. The van der Waals surface area contributed by atoms with E-state index in [0.717, 1.165) is 35.5 Å². The summed E-state index contributed by atoms with van der Waals surface area (Å²) in [4.78, 5) is 0. The number of nitriles is 1. The molecule has 0 atom stereocenters. The van der Waals surface area contributed by atoms with Gasteiger partial charge in [-0.3, -0.25) is 0 Å². The second-order valence-corrected chi connectivity index (χ2v) is 5.17. The van der Waals surface area contributed by atoms with Gasteiger partial charge in [-0.05, 0) is 55.3 Å². The van der Waals surface area contributed by atoms with Gasteiger partial charge in [0.2, 0.25) is 0 Å². The van der Waals surface area contributed by atoms with E-state index in [4.69, 9.17) is 10.5 Å². The lowest BCUT2D eigenvalue weighted by atomic mass is 10.0. The zero-order valence-electron chi connectivity index (χ0n) is 13.0. The predicted octanol–water partition coefficient (Wildman–Crippen LogP) is 4.67. The zero-order valence-corrected chi connectivity index (χ0v) is 13.0. The third-order valence-corrected chi connectivity index (χ3v) is 3.37. The molecular formula is C19H20N2O. The summed E-state index contributed by atoms with van der Waals surface area (Å²) in [7, 11) is 0. The first kappa shape index (κ1) is 15.7. The smallest absolute Gasteiger partial charge is 0.130 e. The van der Waals surface area contributed by atoms with Crippen molar-refractivity contribution >= 4 is 11.4 Å². The van der Waals surface area contributed by atoms with E-state index in [0.29, 0.717) is 11.3 Å². The molecule has 0 heterocycles. The van der Waals surface area contributed by atoms with Gasteiger partial charge in [-0.15, -0.1) is 0 Å². The SMILES string of the molecule is CCC/C=C(/Oc1ccc(N)cc1)c1ccc(C)c(C#N)c1. The Hall–Kier alpha value is -2.73. The third-order valence-electron chi connectivity index (χ3n) is 3.37. The summed E-state index contributed by atoms with van der Waals surface area (Å²) in [5.74, 6) is 1.50. The lowest BCUT2D eigenvalue weighted by Crippen LogP contribution is -1.97. The monoisotopic (exact) mass is 292 g/mol. The molecule has 2 N–H and O–H groups in total. The minimum atomic E-state index is 0.667. The maximum absolute atomic E-state index is 9.20. The van der Waals surface area contributed by atoms with Gasteiger partial charge in [0.05, 0.1) is 11.6 Å². The number of nitrogen functional groups attached to an aromatic ring is 1. The van der Waals surface area contributed by atoms with Gasteiger partial charge in [-0.2, -0.15) is 5.26 Å². The van der Waals surface area contributed by atoms with E-state index in [1.54, 1.807) is 0 Å². The van der Waals surface area contributed by atoms with Gasteiger partial charge in [0.25, 0.3) is 0 Å². The fraction of sp³-hybridized carbons (Fsp3) is 0.211. The second-order valence-electron chi connectivity index (χ2n) is 5.17. The van der Waals surface area contributed by atoms with Crippen molar-refractivity contribution in [3.05, 3.63) is 65.2 Å². The van der Waals surface area contributed by atoms with E-state index in [1.807, 2.05) is 49.4 Å². The molecule has 3 nitrogen and oxygen atoms in total. The first-order valence-electron chi connectivity index (χ1n) is 7.38. The molecule has 0 saturated heterocycles. The molecule has 2 aromatic carbocycles. The average Bonchev–Trinajstić information content (AvgIpc) is 2.54. The molecular weight excluding hydrogens is 272 g/mol. The second kappa shape index (κ2) is 7.33. The number of hydrogen-bond donors (Lipinski definition) is 1. The van der Waals surface area contributed by atoms with Crippen LogP contribution in [0.25, 0.3) is 5.76 Å². The van der Waals surface area contributed by atoms with Crippen molar-refractivity contribution in [1.82, 2.24) is 0 Å². The van der Waals surface area contributed by atoms with Crippen molar-refractivity contribution in [2.45, 2.75) is 26.7 Å². The molecule has 0 spiro atoms. The van der Waals surface area contributed by atoms with Crippen LogP contribution in [0.4, 0.5) is 5.69 Å². The van der Waals surface area contributed by atoms with Crippen LogP contribution in [0.1, 0.15) is 36.5 Å². The summed E-state index contributed by atoms with van der Waals surface area (Å²) in [5.41, 5.74) is 8.94. The van der Waals surface area contributed by atoms with Crippen molar-refractivity contribution < 1.29 is 4.74 Å². The number of unbranched alkanes of at least 4 members (excludes halogenated alkanes) is 1. The fourth-order valence-electron chi connectivity index (χ4n) is 2.05. The lowest BCUT2D eigenvalue weighted by molar-refractivity contribution is 0.512. The van der Waals surface area contributed by atoms with Gasteiger partial charge in [0, 0.05) is 11.3 Å². The van der Waals surface area contributed by atoms with E-state index >= 15 is 0 Å². The van der Waals surface area contributed by atoms with E-state index in [9.17, 15) is 5.26 Å². The lowest BCUT2D eigenvalue weighted by Gasteiger charge is -2.12. The highest BCUT2D eigenvalue weighted by Crippen LogP contribution is 2.24. The molecule has 0 aliphatic rings. The normalized spacial score (nSPS) is 11.0. The maximum Gasteiger partial charge on any atom is 0.130 e. The van der Waals surface area contributed by atoms with Crippen LogP contribution in [0, 0.1) is 18.3 Å². The first-order valence-corrected chi connectivity index (χ1v) is 7.38. The van der Waals surface area contributed by atoms with Crippen molar-refractivity contribution in [2.24, 2.45) is 0 Å². The van der Waals surface area contributed by atoms with Crippen LogP contribution in [0.3, 0.4) is 0 Å². The quantitative estimate of drug-likeness (QED) is 0.643. The topological polar surface area (TPSA) is 59.0 Å². The van der Waals surface area contributed by atoms with Crippen LogP contribution >= 0.6 is 0 Å². The zero-order chi connectivity index (χ0) is 15.9. The van der Waals surface area contributed by atoms with Crippen molar-refractivity contribution in [2.75, 3.05) is 5.73 Å². The van der Waals surface area contributed by atoms with Gasteiger partial charge >= 0.3 is 0 Å². The largest absolute Gasteiger partial charge is 0.457 e. The highest BCUT2D eigenvalue weighted by molar-refractivity contribution is 5.64. The number of allylic oxidation sites excluding steroid dienone is 1. The van der Waals surface area contributed by atoms with Crippen molar-refractivity contribution in [3.8, 4) is 11.8 Å². The first-order chi connectivity index (χ1) is 10.6. The molecule has 2 rings (SSSR count). The van der Waals surface area contributed by atoms with E-state index in [-0.39, 0.29) is 0 Å². The number of anilines is 1. The molecule has 0 unspecified atom stereocenters. The summed E-state index contributed by atoms with van der Waals surface area (Å²) in [5, 5.41) is 9.20. The maximum atomic E-state index is 9.20. The Bertz CT molecular complexity index is 709. The van der Waals surface area contributed by atoms with Crippen LogP contribution in [-0.2, 0) is 0 Å². The number of nitrogens with zero attached hydrogens (tertiary/aromatic N) is 1. The Morgan fingerprint density at radius 2 is 1.95 bits per heavy atom. The number of ether oxygens (including phenoxy) is 1. The Kier molecular flexibility index (Phi) is 5.21. The minimum absolute atomic E-state index is 0.667. The van der Waals surface area contributed by atoms with Crippen LogP contribution in [0.2, 0.25) is 0 Å². The molecule has 2 aromatic rings. The standard InChI is InChI=1S/C19H20N2O/c1-3-4-5-19(22-18-10-8-17(21)9-11-18)15-7-6-14(2)16(12-15)13-20/h5-12H,3-4,21H2,1-2H3/b19-5+. The highest BCUT2D eigenvalue weighted by Gasteiger charge is 2.07. The van der Waals surface area contributed by atoms with Gasteiger partial charge in [-0.25, -0.2) is 0 Å². The molecule has 3 heteroatoms. The van der Waals surface area contributed by atoms with Crippen LogP contribution < -0.4 is 10.5 Å². The number of hydrogen-bond acceptors (Lipinski definition) is 3. The Balaban J connectivity index is 2.34. The molecule has 0 saturated carbocycles.